The van der Waals surface area contributed by atoms with Crippen molar-refractivity contribution in [3.8, 4) is 0 Å². The van der Waals surface area contributed by atoms with E-state index in [1.807, 2.05) is 6.07 Å². The van der Waals surface area contributed by atoms with E-state index in [4.69, 9.17) is 17.4 Å². The van der Waals surface area contributed by atoms with Crippen molar-refractivity contribution in [2.24, 2.45) is 11.8 Å². The second kappa shape index (κ2) is 6.55. The highest BCUT2D eigenvalue weighted by molar-refractivity contribution is 6.31. The van der Waals surface area contributed by atoms with Crippen LogP contribution in [0, 0.1) is 5.92 Å². The first-order chi connectivity index (χ1) is 9.10. The number of nitrogen functional groups attached to an aromatic ring is 1. The van der Waals surface area contributed by atoms with E-state index in [-0.39, 0.29) is 0 Å². The highest BCUT2D eigenvalue weighted by atomic mass is 35.5. The first kappa shape index (κ1) is 14.6. The zero-order valence-corrected chi connectivity index (χ0v) is 12.5. The lowest BCUT2D eigenvalue weighted by Crippen LogP contribution is -2.35. The SMILES string of the molecule is CC1CCCC(N(C)Cc2nc(NN)ccc2Cl)C1. The lowest BCUT2D eigenvalue weighted by atomic mass is 9.86. The first-order valence-electron chi connectivity index (χ1n) is 6.92. The molecule has 2 rings (SSSR count). The van der Waals surface area contributed by atoms with Crippen molar-refractivity contribution in [3.05, 3.63) is 22.8 Å². The minimum absolute atomic E-state index is 0.635. The number of anilines is 1. The van der Waals surface area contributed by atoms with Crippen LogP contribution < -0.4 is 11.3 Å². The molecule has 1 aliphatic carbocycles. The molecule has 3 N–H and O–H groups in total. The molecule has 1 aromatic rings. The number of pyridine rings is 1. The summed E-state index contributed by atoms with van der Waals surface area (Å²) in [4.78, 5) is 6.80. The summed E-state index contributed by atoms with van der Waals surface area (Å²) in [5, 5.41) is 0.703. The van der Waals surface area contributed by atoms with Crippen LogP contribution in [0.15, 0.2) is 12.1 Å². The number of hydrogen-bond donors (Lipinski definition) is 2. The maximum atomic E-state index is 6.21. The standard InChI is InChI=1S/C14H23ClN4/c1-10-4-3-5-11(8-10)19(2)9-13-12(15)6-7-14(17-13)18-16/h6-7,10-11H,3-5,8-9,16H2,1-2H3,(H,17,18). The zero-order valence-electron chi connectivity index (χ0n) is 11.7. The Labute approximate surface area is 120 Å². The molecule has 2 atom stereocenters. The number of nitrogens with two attached hydrogens (primary N) is 1. The Morgan fingerprint density at radius 2 is 2.26 bits per heavy atom. The molecule has 1 aliphatic rings. The summed E-state index contributed by atoms with van der Waals surface area (Å²) in [7, 11) is 2.16. The molecule has 0 radical (unpaired) electrons. The van der Waals surface area contributed by atoms with Gasteiger partial charge in [-0.15, -0.1) is 0 Å². The number of hydrazine groups is 1. The average molecular weight is 283 g/mol. The topological polar surface area (TPSA) is 54.2 Å². The summed E-state index contributed by atoms with van der Waals surface area (Å²) in [5.41, 5.74) is 3.45. The van der Waals surface area contributed by atoms with Crippen molar-refractivity contribution < 1.29 is 0 Å². The van der Waals surface area contributed by atoms with E-state index in [9.17, 15) is 0 Å². The molecular formula is C14H23ClN4. The minimum Gasteiger partial charge on any atom is -0.308 e. The number of rotatable bonds is 4. The van der Waals surface area contributed by atoms with Crippen LogP contribution in [-0.2, 0) is 6.54 Å². The van der Waals surface area contributed by atoms with Gasteiger partial charge in [0.05, 0.1) is 10.7 Å². The van der Waals surface area contributed by atoms with E-state index in [0.29, 0.717) is 16.9 Å². The zero-order chi connectivity index (χ0) is 13.8. The van der Waals surface area contributed by atoms with E-state index in [1.165, 1.54) is 25.7 Å². The molecule has 0 aromatic carbocycles. The van der Waals surface area contributed by atoms with Crippen molar-refractivity contribution in [2.45, 2.75) is 45.2 Å². The van der Waals surface area contributed by atoms with Crippen molar-refractivity contribution in [1.29, 1.82) is 0 Å². The van der Waals surface area contributed by atoms with Crippen LogP contribution in [0.1, 0.15) is 38.3 Å². The Hall–Kier alpha value is -0.840. The Bertz CT molecular complexity index is 424. The third-order valence-electron chi connectivity index (χ3n) is 4.00. The summed E-state index contributed by atoms with van der Waals surface area (Å²) in [6, 6.07) is 4.27. The number of halogens is 1. The summed E-state index contributed by atoms with van der Waals surface area (Å²) in [6.07, 6.45) is 5.22. The maximum absolute atomic E-state index is 6.21. The van der Waals surface area contributed by atoms with Gasteiger partial charge in [0.15, 0.2) is 0 Å². The summed E-state index contributed by atoms with van der Waals surface area (Å²) < 4.78 is 0. The maximum Gasteiger partial charge on any atom is 0.140 e. The second-order valence-corrected chi connectivity index (χ2v) is 6.02. The quantitative estimate of drug-likeness (QED) is 0.658. The minimum atomic E-state index is 0.635. The van der Waals surface area contributed by atoms with E-state index in [0.717, 1.165) is 18.2 Å². The summed E-state index contributed by atoms with van der Waals surface area (Å²) in [5.74, 6) is 6.87. The fraction of sp³-hybridized carbons (Fsp3) is 0.643. The van der Waals surface area contributed by atoms with Gasteiger partial charge in [0.1, 0.15) is 5.82 Å². The molecule has 1 fully saturated rings. The molecule has 1 aromatic heterocycles. The van der Waals surface area contributed by atoms with Gasteiger partial charge in [0, 0.05) is 12.6 Å². The number of nitrogens with zero attached hydrogens (tertiary/aromatic N) is 2. The molecular weight excluding hydrogens is 260 g/mol. The third kappa shape index (κ3) is 3.81. The van der Waals surface area contributed by atoms with E-state index >= 15 is 0 Å². The molecule has 0 saturated heterocycles. The van der Waals surface area contributed by atoms with Gasteiger partial charge < -0.3 is 5.43 Å². The number of hydrogen-bond acceptors (Lipinski definition) is 4. The molecule has 2 unspecified atom stereocenters. The van der Waals surface area contributed by atoms with Gasteiger partial charge in [-0.2, -0.15) is 0 Å². The molecule has 1 saturated carbocycles. The Balaban J connectivity index is 2.03. The van der Waals surface area contributed by atoms with Crippen molar-refractivity contribution in [1.82, 2.24) is 9.88 Å². The lowest BCUT2D eigenvalue weighted by Gasteiger charge is -2.34. The molecule has 1 heterocycles. The van der Waals surface area contributed by atoms with Crippen molar-refractivity contribution >= 4 is 17.4 Å². The molecule has 4 nitrogen and oxygen atoms in total. The van der Waals surface area contributed by atoms with E-state index in [1.54, 1.807) is 6.07 Å². The highest BCUT2D eigenvalue weighted by Gasteiger charge is 2.23. The fourth-order valence-corrected chi connectivity index (χ4v) is 3.01. The van der Waals surface area contributed by atoms with E-state index in [2.05, 4.69) is 29.3 Å². The molecule has 106 valence electrons. The number of nitrogens with one attached hydrogen (secondary N) is 1. The van der Waals surface area contributed by atoms with Gasteiger partial charge in [-0.25, -0.2) is 10.8 Å². The van der Waals surface area contributed by atoms with Crippen LogP contribution in [0.2, 0.25) is 5.02 Å². The molecule has 0 bridgehead atoms. The van der Waals surface area contributed by atoms with Crippen LogP contribution in [0.4, 0.5) is 5.82 Å². The summed E-state index contributed by atoms with van der Waals surface area (Å²) in [6.45, 7) is 3.11. The molecule has 19 heavy (non-hydrogen) atoms. The monoisotopic (exact) mass is 282 g/mol. The highest BCUT2D eigenvalue weighted by Crippen LogP contribution is 2.28. The Morgan fingerprint density at radius 1 is 1.47 bits per heavy atom. The molecule has 0 amide bonds. The van der Waals surface area contributed by atoms with Crippen LogP contribution in [0.25, 0.3) is 0 Å². The van der Waals surface area contributed by atoms with Crippen molar-refractivity contribution in [3.63, 3.8) is 0 Å². The van der Waals surface area contributed by atoms with Gasteiger partial charge in [-0.05, 0) is 37.9 Å². The second-order valence-electron chi connectivity index (χ2n) is 5.61. The Kier molecular flexibility index (Phi) is 5.02. The predicted molar refractivity (Wildman–Crippen MR) is 79.9 cm³/mol. The first-order valence-corrected chi connectivity index (χ1v) is 7.30. The summed E-state index contributed by atoms with van der Waals surface area (Å²) >= 11 is 6.21. The number of aromatic nitrogens is 1. The van der Waals surface area contributed by atoms with Gasteiger partial charge in [-0.3, -0.25) is 4.90 Å². The largest absolute Gasteiger partial charge is 0.308 e. The van der Waals surface area contributed by atoms with Gasteiger partial charge in [-0.1, -0.05) is 31.4 Å². The Morgan fingerprint density at radius 3 is 2.95 bits per heavy atom. The third-order valence-corrected chi connectivity index (χ3v) is 4.34. The smallest absolute Gasteiger partial charge is 0.140 e. The van der Waals surface area contributed by atoms with Gasteiger partial charge in [0.2, 0.25) is 0 Å². The lowest BCUT2D eigenvalue weighted by molar-refractivity contribution is 0.156. The van der Waals surface area contributed by atoms with Gasteiger partial charge >= 0.3 is 0 Å². The van der Waals surface area contributed by atoms with Crippen LogP contribution in [0.5, 0.6) is 0 Å². The molecule has 0 aliphatic heterocycles. The normalized spacial score (nSPS) is 23.6. The predicted octanol–water partition coefficient (Wildman–Crippen LogP) is 3.03. The molecule has 5 heteroatoms. The van der Waals surface area contributed by atoms with Crippen molar-refractivity contribution in [2.75, 3.05) is 12.5 Å². The van der Waals surface area contributed by atoms with Crippen LogP contribution in [-0.4, -0.2) is 23.0 Å². The fourth-order valence-electron chi connectivity index (χ4n) is 2.84. The molecule has 0 spiro atoms. The van der Waals surface area contributed by atoms with Crippen LogP contribution in [0.3, 0.4) is 0 Å². The average Bonchev–Trinajstić information content (AvgIpc) is 2.41. The van der Waals surface area contributed by atoms with E-state index < -0.39 is 0 Å². The van der Waals surface area contributed by atoms with Crippen LogP contribution >= 0.6 is 11.6 Å². The van der Waals surface area contributed by atoms with Gasteiger partial charge in [0.25, 0.3) is 0 Å².